The lowest BCUT2D eigenvalue weighted by Crippen LogP contribution is -2.51. The van der Waals surface area contributed by atoms with Crippen molar-refractivity contribution in [2.24, 2.45) is 29.1 Å². The number of rotatable bonds is 3. The number of anilines is 1. The molecule has 0 atom stereocenters. The van der Waals surface area contributed by atoms with E-state index in [0.717, 1.165) is 62.9 Å². The molecule has 1 saturated heterocycles. The molecular formula is C24H32N2O2. The normalized spacial score (nSPS) is 34.5. The fourth-order valence-corrected chi connectivity index (χ4v) is 6.80. The Morgan fingerprint density at radius 2 is 1.54 bits per heavy atom. The second kappa shape index (κ2) is 6.89. The summed E-state index contributed by atoms with van der Waals surface area (Å²) in [5.74, 6) is 3.14. The number of benzene rings is 1. The van der Waals surface area contributed by atoms with Crippen LogP contribution in [0.2, 0.25) is 0 Å². The molecule has 1 N–H and O–H groups in total. The Morgan fingerprint density at radius 1 is 0.964 bits per heavy atom. The van der Waals surface area contributed by atoms with Crippen molar-refractivity contribution in [1.29, 1.82) is 0 Å². The van der Waals surface area contributed by atoms with Gasteiger partial charge in [0, 0.05) is 13.1 Å². The molecule has 0 radical (unpaired) electrons. The van der Waals surface area contributed by atoms with Crippen molar-refractivity contribution in [1.82, 2.24) is 4.90 Å². The molecule has 4 heteroatoms. The summed E-state index contributed by atoms with van der Waals surface area (Å²) in [4.78, 5) is 28.5. The maximum atomic E-state index is 13.4. The molecule has 0 unspecified atom stereocenters. The quantitative estimate of drug-likeness (QED) is 0.825. The third-order valence-electron chi connectivity index (χ3n) is 8.00. The van der Waals surface area contributed by atoms with E-state index in [4.69, 9.17) is 0 Å². The number of amides is 2. The standard InChI is InChI=1S/C24H32N2O2/c1-16-6-8-26(9-7-16)22(27)20-4-2-3-5-21(20)25-23(28)24-13-17-10-18(14-24)12-19(11-17)15-24/h2-5,16-19H,6-15H2,1H3,(H,25,28). The van der Waals surface area contributed by atoms with Gasteiger partial charge in [0.05, 0.1) is 16.7 Å². The van der Waals surface area contributed by atoms with E-state index in [1.165, 1.54) is 19.3 Å². The van der Waals surface area contributed by atoms with Crippen LogP contribution in [-0.2, 0) is 4.79 Å². The van der Waals surface area contributed by atoms with Crippen molar-refractivity contribution in [3.8, 4) is 0 Å². The molecule has 1 heterocycles. The third kappa shape index (κ3) is 3.15. The lowest BCUT2D eigenvalue weighted by molar-refractivity contribution is -0.140. The molecule has 4 bridgehead atoms. The summed E-state index contributed by atoms with van der Waals surface area (Å²) in [6, 6.07) is 7.60. The van der Waals surface area contributed by atoms with Crippen LogP contribution in [0.3, 0.4) is 0 Å². The number of nitrogens with one attached hydrogen (secondary N) is 1. The van der Waals surface area contributed by atoms with Crippen LogP contribution in [0.5, 0.6) is 0 Å². The highest BCUT2D eigenvalue weighted by Crippen LogP contribution is 2.60. The number of carbonyl (C=O) groups is 2. The number of piperidine rings is 1. The molecule has 1 aromatic rings. The summed E-state index contributed by atoms with van der Waals surface area (Å²) in [6.07, 6.45) is 9.25. The number of carbonyl (C=O) groups excluding carboxylic acids is 2. The molecule has 2 amide bonds. The van der Waals surface area contributed by atoms with Crippen LogP contribution in [-0.4, -0.2) is 29.8 Å². The fourth-order valence-electron chi connectivity index (χ4n) is 6.80. The minimum Gasteiger partial charge on any atom is -0.339 e. The van der Waals surface area contributed by atoms with Crippen LogP contribution in [0.4, 0.5) is 5.69 Å². The van der Waals surface area contributed by atoms with E-state index in [9.17, 15) is 9.59 Å². The zero-order valence-electron chi connectivity index (χ0n) is 17.0. The molecular weight excluding hydrogens is 348 g/mol. The minimum absolute atomic E-state index is 0.0633. The Morgan fingerprint density at radius 3 is 2.14 bits per heavy atom. The molecule has 5 fully saturated rings. The zero-order valence-corrected chi connectivity index (χ0v) is 17.0. The molecule has 28 heavy (non-hydrogen) atoms. The van der Waals surface area contributed by atoms with E-state index in [2.05, 4.69) is 12.2 Å². The van der Waals surface area contributed by atoms with Crippen LogP contribution in [0.25, 0.3) is 0 Å². The monoisotopic (exact) mass is 380 g/mol. The van der Waals surface area contributed by atoms with Gasteiger partial charge in [0.1, 0.15) is 0 Å². The summed E-state index contributed by atoms with van der Waals surface area (Å²) in [5, 5.41) is 3.21. The Hall–Kier alpha value is -1.84. The molecule has 150 valence electrons. The van der Waals surface area contributed by atoms with Gasteiger partial charge in [0.2, 0.25) is 5.91 Å². The second-order valence-electron chi connectivity index (χ2n) is 10.2. The van der Waals surface area contributed by atoms with Crippen molar-refractivity contribution in [3.05, 3.63) is 29.8 Å². The van der Waals surface area contributed by atoms with Gasteiger partial charge in [-0.25, -0.2) is 0 Å². The van der Waals surface area contributed by atoms with E-state index >= 15 is 0 Å². The first-order valence-electron chi connectivity index (χ1n) is 11.2. The molecule has 4 aliphatic carbocycles. The Kier molecular flexibility index (Phi) is 4.48. The second-order valence-corrected chi connectivity index (χ2v) is 10.2. The van der Waals surface area contributed by atoms with Crippen molar-refractivity contribution < 1.29 is 9.59 Å². The smallest absolute Gasteiger partial charge is 0.255 e. The van der Waals surface area contributed by atoms with E-state index in [-0.39, 0.29) is 17.2 Å². The van der Waals surface area contributed by atoms with E-state index in [1.54, 1.807) is 0 Å². The van der Waals surface area contributed by atoms with Gasteiger partial charge in [-0.3, -0.25) is 9.59 Å². The van der Waals surface area contributed by atoms with Gasteiger partial charge in [0.15, 0.2) is 0 Å². The summed E-state index contributed by atoms with van der Waals surface area (Å²) < 4.78 is 0. The number of para-hydroxylation sites is 1. The Balaban J connectivity index is 1.35. The molecule has 0 aromatic heterocycles. The van der Waals surface area contributed by atoms with Crippen molar-refractivity contribution in [3.63, 3.8) is 0 Å². The first-order chi connectivity index (χ1) is 13.5. The molecule has 5 aliphatic rings. The lowest BCUT2D eigenvalue weighted by atomic mass is 9.49. The SMILES string of the molecule is CC1CCN(C(=O)c2ccccc2NC(=O)C23CC4CC(CC(C4)C2)C3)CC1. The molecule has 6 rings (SSSR count). The molecule has 1 aromatic carbocycles. The molecule has 1 aliphatic heterocycles. The van der Waals surface area contributed by atoms with Crippen molar-refractivity contribution in [2.45, 2.75) is 58.3 Å². The number of likely N-dealkylation sites (tertiary alicyclic amines) is 1. The summed E-state index contributed by atoms with van der Waals surface area (Å²) in [6.45, 7) is 3.88. The zero-order chi connectivity index (χ0) is 19.3. The highest BCUT2D eigenvalue weighted by Gasteiger charge is 2.54. The van der Waals surface area contributed by atoms with E-state index in [0.29, 0.717) is 17.2 Å². The Labute approximate surface area is 168 Å². The highest BCUT2D eigenvalue weighted by molar-refractivity contribution is 6.05. The predicted octanol–water partition coefficient (Wildman–Crippen LogP) is 4.71. The average molecular weight is 381 g/mol. The molecule has 0 spiro atoms. The number of hydrogen-bond acceptors (Lipinski definition) is 2. The van der Waals surface area contributed by atoms with E-state index in [1.807, 2.05) is 29.2 Å². The average Bonchev–Trinajstić information content (AvgIpc) is 2.67. The van der Waals surface area contributed by atoms with Gasteiger partial charge in [-0.05, 0) is 87.2 Å². The minimum atomic E-state index is -0.189. The first kappa shape index (κ1) is 18.2. The summed E-state index contributed by atoms with van der Waals surface area (Å²) in [5.41, 5.74) is 1.16. The van der Waals surface area contributed by atoms with Crippen LogP contribution < -0.4 is 5.32 Å². The highest BCUT2D eigenvalue weighted by atomic mass is 16.2. The van der Waals surface area contributed by atoms with Gasteiger partial charge < -0.3 is 10.2 Å². The van der Waals surface area contributed by atoms with Crippen molar-refractivity contribution in [2.75, 3.05) is 18.4 Å². The number of hydrogen-bond donors (Lipinski definition) is 1. The van der Waals surface area contributed by atoms with Gasteiger partial charge in [-0.2, -0.15) is 0 Å². The number of nitrogens with zero attached hydrogens (tertiary/aromatic N) is 1. The van der Waals surface area contributed by atoms with Crippen LogP contribution in [0, 0.1) is 29.1 Å². The topological polar surface area (TPSA) is 49.4 Å². The molecule has 4 saturated carbocycles. The summed E-state index contributed by atoms with van der Waals surface area (Å²) >= 11 is 0. The Bertz CT molecular complexity index is 743. The lowest BCUT2D eigenvalue weighted by Gasteiger charge is -2.55. The van der Waals surface area contributed by atoms with Gasteiger partial charge in [0.25, 0.3) is 5.91 Å². The maximum Gasteiger partial charge on any atom is 0.255 e. The van der Waals surface area contributed by atoms with Crippen LogP contribution in [0.1, 0.15) is 68.6 Å². The van der Waals surface area contributed by atoms with Crippen LogP contribution in [0.15, 0.2) is 24.3 Å². The van der Waals surface area contributed by atoms with E-state index < -0.39 is 0 Å². The van der Waals surface area contributed by atoms with Crippen molar-refractivity contribution >= 4 is 17.5 Å². The largest absolute Gasteiger partial charge is 0.339 e. The van der Waals surface area contributed by atoms with Gasteiger partial charge >= 0.3 is 0 Å². The summed E-state index contributed by atoms with van der Waals surface area (Å²) in [7, 11) is 0. The fraction of sp³-hybridized carbons (Fsp3) is 0.667. The van der Waals surface area contributed by atoms with Gasteiger partial charge in [-0.15, -0.1) is 0 Å². The first-order valence-corrected chi connectivity index (χ1v) is 11.2. The molecule has 4 nitrogen and oxygen atoms in total. The van der Waals surface area contributed by atoms with Crippen LogP contribution >= 0.6 is 0 Å². The third-order valence-corrected chi connectivity index (χ3v) is 8.00. The predicted molar refractivity (Wildman–Crippen MR) is 110 cm³/mol. The van der Waals surface area contributed by atoms with Gasteiger partial charge in [-0.1, -0.05) is 19.1 Å². The maximum absolute atomic E-state index is 13.4.